The van der Waals surface area contributed by atoms with E-state index in [0.717, 1.165) is 30.4 Å². The molecule has 1 aromatic heterocycles. The van der Waals surface area contributed by atoms with Gasteiger partial charge in [-0.1, -0.05) is 24.1 Å². The van der Waals surface area contributed by atoms with Crippen LogP contribution in [0.3, 0.4) is 0 Å². The Bertz CT molecular complexity index is 1020. The Hall–Kier alpha value is -2.20. The number of nitrogen functional groups attached to an aromatic ring is 2. The molecule has 1 aromatic rings. The van der Waals surface area contributed by atoms with E-state index in [1.165, 1.54) is 5.57 Å². The van der Waals surface area contributed by atoms with Gasteiger partial charge in [0.15, 0.2) is 0 Å². The smallest absolute Gasteiger partial charge is 0.213 e. The predicted molar refractivity (Wildman–Crippen MR) is 121 cm³/mol. The molecule has 0 saturated heterocycles. The van der Waals surface area contributed by atoms with Crippen LogP contribution in [0.5, 0.6) is 0 Å². The fourth-order valence-electron chi connectivity index (χ4n) is 4.33. The number of allylic oxidation sites excluding steroid dienone is 4. The second kappa shape index (κ2) is 9.12. The minimum Gasteiger partial charge on any atom is -0.383 e. The Kier molecular flexibility index (Phi) is 6.90. The zero-order valence-electron chi connectivity index (χ0n) is 18.4. The molecule has 10 heteroatoms. The molecule has 1 heterocycles. The highest BCUT2D eigenvalue weighted by Gasteiger charge is 2.31. The summed E-state index contributed by atoms with van der Waals surface area (Å²) in [4.78, 5) is 4.49. The first-order valence-electron chi connectivity index (χ1n) is 10.8. The summed E-state index contributed by atoms with van der Waals surface area (Å²) >= 11 is 0. The Morgan fingerprint density at radius 3 is 2.77 bits per heavy atom. The number of rotatable bonds is 9. The largest absolute Gasteiger partial charge is 0.383 e. The minimum atomic E-state index is -3.41. The molecule has 0 bridgehead atoms. The molecule has 2 unspecified atom stereocenters. The van der Waals surface area contributed by atoms with Crippen LogP contribution in [0.15, 0.2) is 22.8 Å². The van der Waals surface area contributed by atoms with Crippen molar-refractivity contribution in [1.82, 2.24) is 14.3 Å². The number of alkyl halides is 1. The zero-order valence-corrected chi connectivity index (χ0v) is 19.2. The summed E-state index contributed by atoms with van der Waals surface area (Å²) in [5.74, 6) is 0.902. The van der Waals surface area contributed by atoms with Gasteiger partial charge in [-0.25, -0.2) is 22.5 Å². The summed E-state index contributed by atoms with van der Waals surface area (Å²) in [6, 6.07) is 0. The highest BCUT2D eigenvalue weighted by Crippen LogP contribution is 2.42. The molecule has 0 spiro atoms. The van der Waals surface area contributed by atoms with Crippen LogP contribution in [-0.2, 0) is 23.0 Å². The van der Waals surface area contributed by atoms with Gasteiger partial charge >= 0.3 is 0 Å². The summed E-state index contributed by atoms with van der Waals surface area (Å²) in [6.45, 7) is 5.74. The maximum absolute atomic E-state index is 14.3. The first kappa shape index (κ1) is 23.5. The fraction of sp³-hybridized carbons (Fsp3) is 0.619. The summed E-state index contributed by atoms with van der Waals surface area (Å²) in [7, 11) is -3.41. The lowest BCUT2D eigenvalue weighted by molar-refractivity contribution is 0.384. The van der Waals surface area contributed by atoms with Gasteiger partial charge in [-0.2, -0.15) is 0 Å². The third-order valence-corrected chi connectivity index (χ3v) is 8.11. The highest BCUT2D eigenvalue weighted by atomic mass is 32.2. The number of halogens is 1. The van der Waals surface area contributed by atoms with E-state index in [1.807, 2.05) is 6.08 Å². The molecule has 0 amide bonds. The van der Waals surface area contributed by atoms with E-state index < -0.39 is 21.4 Å². The number of imidazole rings is 1. The molecule has 2 atom stereocenters. The van der Waals surface area contributed by atoms with Gasteiger partial charge in [0, 0.05) is 19.5 Å². The number of nitrogens with zero attached hydrogens (tertiary/aromatic N) is 2. The molecule has 0 aliphatic heterocycles. The number of nitrogens with two attached hydrogens (primary N) is 2. The van der Waals surface area contributed by atoms with Crippen molar-refractivity contribution < 1.29 is 12.8 Å². The van der Waals surface area contributed by atoms with Crippen LogP contribution < -0.4 is 16.2 Å². The van der Waals surface area contributed by atoms with E-state index >= 15 is 0 Å². The van der Waals surface area contributed by atoms with Crippen LogP contribution in [0.1, 0.15) is 58.0 Å². The second-order valence-corrected chi connectivity index (χ2v) is 10.9. The summed E-state index contributed by atoms with van der Waals surface area (Å²) in [5.41, 5.74) is 15.2. The lowest BCUT2D eigenvalue weighted by Crippen LogP contribution is -2.33. The molecular formula is C21H33FN6O2S. The number of hydrogen-bond acceptors (Lipinski definition) is 5. The lowest BCUT2D eigenvalue weighted by atomic mass is 9.81. The van der Waals surface area contributed by atoms with Crippen molar-refractivity contribution in [3.05, 3.63) is 34.3 Å². The molecule has 31 heavy (non-hydrogen) atoms. The van der Waals surface area contributed by atoms with E-state index in [-0.39, 0.29) is 30.4 Å². The monoisotopic (exact) mass is 452 g/mol. The number of sulfonamides is 1. The number of aromatic nitrogens is 2. The second-order valence-electron chi connectivity index (χ2n) is 8.59. The van der Waals surface area contributed by atoms with Gasteiger partial charge in [0.05, 0.1) is 5.25 Å². The molecule has 8 nitrogen and oxygen atoms in total. The van der Waals surface area contributed by atoms with Gasteiger partial charge in [-0.15, -0.1) is 0 Å². The maximum atomic E-state index is 14.3. The Labute approximate surface area is 183 Å². The topological polar surface area (TPSA) is 140 Å². The van der Waals surface area contributed by atoms with Crippen molar-refractivity contribution in [2.45, 2.75) is 70.8 Å². The summed E-state index contributed by atoms with van der Waals surface area (Å²) in [6.07, 6.45) is 4.70. The number of amidine groups is 1. The van der Waals surface area contributed by atoms with Crippen LogP contribution in [0, 0.1) is 11.3 Å². The number of nitrogens with one attached hydrogen (secondary N) is 2. The van der Waals surface area contributed by atoms with Gasteiger partial charge in [0.25, 0.3) is 0 Å². The zero-order chi connectivity index (χ0) is 22.9. The molecule has 2 aliphatic carbocycles. The Balaban J connectivity index is 1.89. The Morgan fingerprint density at radius 1 is 1.45 bits per heavy atom. The van der Waals surface area contributed by atoms with Gasteiger partial charge in [0.1, 0.15) is 29.3 Å². The summed E-state index contributed by atoms with van der Waals surface area (Å²) in [5, 5.41) is 7.23. The van der Waals surface area contributed by atoms with E-state index in [0.29, 0.717) is 24.6 Å². The number of hydrogen-bond donors (Lipinski definition) is 4. The van der Waals surface area contributed by atoms with E-state index in [1.54, 1.807) is 18.4 Å². The molecule has 172 valence electrons. The van der Waals surface area contributed by atoms with Crippen molar-refractivity contribution >= 4 is 21.7 Å². The van der Waals surface area contributed by atoms with Gasteiger partial charge in [0.2, 0.25) is 10.0 Å². The maximum Gasteiger partial charge on any atom is 0.213 e. The third kappa shape index (κ3) is 4.85. The molecule has 3 rings (SSSR count). The third-order valence-electron chi connectivity index (χ3n) is 6.26. The molecule has 0 saturated carbocycles. The molecule has 6 N–H and O–H groups in total. The average molecular weight is 453 g/mol. The van der Waals surface area contributed by atoms with Crippen LogP contribution in [0.2, 0.25) is 0 Å². The highest BCUT2D eigenvalue weighted by molar-refractivity contribution is 7.90. The molecule has 0 aromatic carbocycles. The van der Waals surface area contributed by atoms with Crippen molar-refractivity contribution in [3.63, 3.8) is 0 Å². The standard InChI is InChI=1S/C21H33FN6O2S/c1-4-13-9-14-5-6-17(22)16(14)10-15(13)11-18-27-19(20(23)24)21(25)28(18)8-7-26-31(29,30)12(2)3/h10,12-13,17,26H,4-9,11,25H2,1-3H3,(H3,23,24). The Morgan fingerprint density at radius 2 is 2.16 bits per heavy atom. The molecule has 0 radical (unpaired) electrons. The van der Waals surface area contributed by atoms with Crippen molar-refractivity contribution in [2.24, 2.45) is 11.7 Å². The number of anilines is 1. The van der Waals surface area contributed by atoms with E-state index in [2.05, 4.69) is 16.6 Å². The summed E-state index contributed by atoms with van der Waals surface area (Å²) < 4.78 is 42.8. The molecular weight excluding hydrogens is 419 g/mol. The van der Waals surface area contributed by atoms with Gasteiger partial charge in [-0.3, -0.25) is 5.41 Å². The van der Waals surface area contributed by atoms with Crippen molar-refractivity contribution in [1.29, 1.82) is 5.41 Å². The fourth-order valence-corrected chi connectivity index (χ4v) is 5.04. The van der Waals surface area contributed by atoms with Crippen LogP contribution in [0.25, 0.3) is 0 Å². The predicted octanol–water partition coefficient (Wildman–Crippen LogP) is 2.40. The SMILES string of the molecule is CCC1CC2=C(C=C1Cc1nc(C(=N)N)c(N)n1CCNS(=O)(=O)C(C)C)C(F)CC2. The van der Waals surface area contributed by atoms with E-state index in [4.69, 9.17) is 16.9 Å². The molecule has 0 fully saturated rings. The van der Waals surface area contributed by atoms with Crippen molar-refractivity contribution in [3.8, 4) is 0 Å². The minimum absolute atomic E-state index is 0.142. The van der Waals surface area contributed by atoms with Gasteiger partial charge in [-0.05, 0) is 51.0 Å². The first-order chi connectivity index (χ1) is 14.5. The molecule has 2 aliphatic rings. The normalized spacial score (nSPS) is 21.5. The van der Waals surface area contributed by atoms with Crippen molar-refractivity contribution in [2.75, 3.05) is 12.3 Å². The quantitative estimate of drug-likeness (QED) is 0.336. The van der Waals surface area contributed by atoms with Gasteiger partial charge < -0.3 is 16.0 Å². The van der Waals surface area contributed by atoms with Crippen LogP contribution in [-0.4, -0.2) is 41.8 Å². The average Bonchev–Trinajstić information content (AvgIpc) is 3.21. The van der Waals surface area contributed by atoms with Crippen LogP contribution >= 0.6 is 0 Å². The lowest BCUT2D eigenvalue weighted by Gasteiger charge is -2.25. The first-order valence-corrected chi connectivity index (χ1v) is 12.3. The van der Waals surface area contributed by atoms with Crippen LogP contribution in [0.4, 0.5) is 10.2 Å². The van der Waals surface area contributed by atoms with E-state index in [9.17, 15) is 12.8 Å².